The second kappa shape index (κ2) is 6.78. The van der Waals surface area contributed by atoms with Crippen molar-refractivity contribution in [3.63, 3.8) is 0 Å². The van der Waals surface area contributed by atoms with Crippen molar-refractivity contribution >= 4 is 11.6 Å². The number of likely N-dealkylation sites (N-methyl/N-ethyl adjacent to an activating group) is 1. The number of hydrogen-bond acceptors (Lipinski definition) is 6. The summed E-state index contributed by atoms with van der Waals surface area (Å²) >= 11 is 0. The molecule has 0 saturated carbocycles. The number of fused-ring (bicyclic) bond motifs is 1. The van der Waals surface area contributed by atoms with E-state index in [0.29, 0.717) is 31.1 Å². The summed E-state index contributed by atoms with van der Waals surface area (Å²) < 4.78 is 10.7. The summed E-state index contributed by atoms with van der Waals surface area (Å²) in [5.74, 6) is 1.88. The van der Waals surface area contributed by atoms with Crippen molar-refractivity contribution < 1.29 is 14.1 Å². The van der Waals surface area contributed by atoms with Gasteiger partial charge in [0.05, 0.1) is 5.69 Å². The van der Waals surface area contributed by atoms with Gasteiger partial charge in [-0.3, -0.25) is 4.79 Å². The fourth-order valence-corrected chi connectivity index (χ4v) is 2.46. The topological polar surface area (TPSA) is 80.5 Å². The molecule has 7 heteroatoms. The average molecular weight is 316 g/mol. The third-order valence-corrected chi connectivity index (χ3v) is 3.85. The molecule has 0 spiro atoms. The molecule has 0 aliphatic carbocycles. The first-order valence-corrected chi connectivity index (χ1v) is 7.68. The molecule has 3 rings (SSSR count). The van der Waals surface area contributed by atoms with Crippen molar-refractivity contribution in [2.75, 3.05) is 25.1 Å². The minimum atomic E-state index is -0.0627. The number of amides is 1. The Morgan fingerprint density at radius 3 is 3.04 bits per heavy atom. The minimum Gasteiger partial charge on any atom is -0.482 e. The number of anilines is 1. The molecule has 1 aromatic heterocycles. The van der Waals surface area contributed by atoms with Crippen LogP contribution in [-0.4, -0.2) is 42.3 Å². The van der Waals surface area contributed by atoms with E-state index in [9.17, 15) is 4.79 Å². The summed E-state index contributed by atoms with van der Waals surface area (Å²) in [7, 11) is 1.90. The highest BCUT2D eigenvalue weighted by Gasteiger charge is 2.25. The van der Waals surface area contributed by atoms with Crippen LogP contribution < -0.4 is 15.0 Å². The largest absolute Gasteiger partial charge is 0.482 e. The molecular weight excluding hydrogens is 296 g/mol. The first-order valence-electron chi connectivity index (χ1n) is 7.68. The van der Waals surface area contributed by atoms with Crippen LogP contribution in [0, 0.1) is 0 Å². The predicted octanol–water partition coefficient (Wildman–Crippen LogP) is 1.19. The molecule has 1 aliphatic heterocycles. The van der Waals surface area contributed by atoms with E-state index in [4.69, 9.17) is 9.26 Å². The van der Waals surface area contributed by atoms with Crippen molar-refractivity contribution in [1.82, 2.24) is 15.5 Å². The Morgan fingerprint density at radius 1 is 1.39 bits per heavy atom. The highest BCUT2D eigenvalue weighted by molar-refractivity contribution is 5.97. The van der Waals surface area contributed by atoms with Gasteiger partial charge < -0.3 is 19.5 Å². The van der Waals surface area contributed by atoms with Crippen LogP contribution in [0.15, 0.2) is 28.8 Å². The molecule has 1 atom stereocenters. The Bertz CT molecular complexity index is 685. The lowest BCUT2D eigenvalue weighted by molar-refractivity contribution is -0.121. The summed E-state index contributed by atoms with van der Waals surface area (Å²) in [6, 6.07) is 7.80. The van der Waals surface area contributed by atoms with Crippen LogP contribution in [0.1, 0.15) is 18.6 Å². The van der Waals surface area contributed by atoms with Gasteiger partial charge in [-0.15, -0.1) is 0 Å². The number of hydrogen-bond donors (Lipinski definition) is 1. The van der Waals surface area contributed by atoms with E-state index in [1.165, 1.54) is 0 Å². The number of nitrogens with zero attached hydrogens (tertiary/aromatic N) is 3. The van der Waals surface area contributed by atoms with Gasteiger partial charge in [0.15, 0.2) is 12.4 Å². The minimum absolute atomic E-state index is 0.0613. The van der Waals surface area contributed by atoms with Gasteiger partial charge in [-0.1, -0.05) is 17.3 Å². The molecule has 1 unspecified atom stereocenters. The maximum atomic E-state index is 12.1. The number of rotatable bonds is 6. The van der Waals surface area contributed by atoms with E-state index < -0.39 is 0 Å². The van der Waals surface area contributed by atoms with Crippen molar-refractivity contribution in [1.29, 1.82) is 0 Å². The molecule has 1 amide bonds. The highest BCUT2D eigenvalue weighted by Crippen LogP contribution is 2.31. The van der Waals surface area contributed by atoms with Gasteiger partial charge in [-0.2, -0.15) is 4.98 Å². The molecule has 1 aromatic carbocycles. The molecule has 0 fully saturated rings. The number of aromatic nitrogens is 2. The first-order chi connectivity index (χ1) is 11.2. The van der Waals surface area contributed by atoms with E-state index in [1.54, 1.807) is 4.90 Å². The standard InChI is InChI=1S/C16H20N4O3/c1-11(17-2)9-14-18-15(23-19-14)7-8-20-12-5-3-4-6-13(12)22-10-16(20)21/h3-6,11,17H,7-10H2,1-2H3. The van der Waals surface area contributed by atoms with Crippen LogP contribution in [0.25, 0.3) is 0 Å². The van der Waals surface area contributed by atoms with Crippen LogP contribution in [0.2, 0.25) is 0 Å². The maximum Gasteiger partial charge on any atom is 0.265 e. The number of carbonyl (C=O) groups is 1. The smallest absolute Gasteiger partial charge is 0.265 e. The van der Waals surface area contributed by atoms with Gasteiger partial charge in [-0.05, 0) is 26.1 Å². The third-order valence-electron chi connectivity index (χ3n) is 3.85. The molecule has 7 nitrogen and oxygen atoms in total. The normalized spacial score (nSPS) is 15.2. The van der Waals surface area contributed by atoms with Gasteiger partial charge in [0.2, 0.25) is 5.89 Å². The predicted molar refractivity (Wildman–Crippen MR) is 84.5 cm³/mol. The van der Waals surface area contributed by atoms with Crippen molar-refractivity contribution in [2.24, 2.45) is 0 Å². The van der Waals surface area contributed by atoms with E-state index in [2.05, 4.69) is 22.4 Å². The van der Waals surface area contributed by atoms with Crippen molar-refractivity contribution in [2.45, 2.75) is 25.8 Å². The van der Waals surface area contributed by atoms with E-state index >= 15 is 0 Å². The molecular formula is C16H20N4O3. The Hall–Kier alpha value is -2.41. The fourth-order valence-electron chi connectivity index (χ4n) is 2.46. The van der Waals surface area contributed by atoms with Crippen LogP contribution in [0.4, 0.5) is 5.69 Å². The Kier molecular flexibility index (Phi) is 4.57. The molecule has 0 saturated heterocycles. The highest BCUT2D eigenvalue weighted by atomic mass is 16.5. The van der Waals surface area contributed by atoms with Crippen LogP contribution in [-0.2, 0) is 17.6 Å². The Balaban J connectivity index is 1.65. The number of para-hydroxylation sites is 2. The molecule has 0 bridgehead atoms. The molecule has 122 valence electrons. The van der Waals surface area contributed by atoms with Gasteiger partial charge in [0.1, 0.15) is 5.75 Å². The molecule has 2 aromatic rings. The van der Waals surface area contributed by atoms with Gasteiger partial charge in [0.25, 0.3) is 5.91 Å². The number of benzene rings is 1. The van der Waals surface area contributed by atoms with Gasteiger partial charge >= 0.3 is 0 Å². The Labute approximate surface area is 134 Å². The Morgan fingerprint density at radius 2 is 2.22 bits per heavy atom. The summed E-state index contributed by atoms with van der Waals surface area (Å²) in [5.41, 5.74) is 0.785. The van der Waals surface area contributed by atoms with Crippen LogP contribution >= 0.6 is 0 Å². The maximum absolute atomic E-state index is 12.1. The molecule has 2 heterocycles. The lowest BCUT2D eigenvalue weighted by Crippen LogP contribution is -2.40. The number of nitrogens with one attached hydrogen (secondary N) is 1. The zero-order chi connectivity index (χ0) is 16.2. The van der Waals surface area contributed by atoms with E-state index in [1.807, 2.05) is 31.3 Å². The monoisotopic (exact) mass is 316 g/mol. The third kappa shape index (κ3) is 3.50. The zero-order valence-corrected chi connectivity index (χ0v) is 13.3. The molecule has 23 heavy (non-hydrogen) atoms. The average Bonchev–Trinajstić information content (AvgIpc) is 3.01. The lowest BCUT2D eigenvalue weighted by Gasteiger charge is -2.28. The molecule has 1 aliphatic rings. The number of ether oxygens (including phenoxy) is 1. The van der Waals surface area contributed by atoms with Gasteiger partial charge in [-0.25, -0.2) is 0 Å². The lowest BCUT2D eigenvalue weighted by atomic mass is 10.2. The summed E-state index contributed by atoms with van der Waals surface area (Å²) in [4.78, 5) is 18.2. The summed E-state index contributed by atoms with van der Waals surface area (Å²) in [6.45, 7) is 2.60. The van der Waals surface area contributed by atoms with Crippen LogP contribution in [0.3, 0.4) is 0 Å². The van der Waals surface area contributed by atoms with Gasteiger partial charge in [0, 0.05) is 25.4 Å². The fraction of sp³-hybridized carbons (Fsp3) is 0.438. The van der Waals surface area contributed by atoms with E-state index in [0.717, 1.165) is 11.4 Å². The molecule has 1 N–H and O–H groups in total. The second-order valence-electron chi connectivity index (χ2n) is 5.55. The zero-order valence-electron chi connectivity index (χ0n) is 13.3. The van der Waals surface area contributed by atoms with Crippen LogP contribution in [0.5, 0.6) is 5.75 Å². The summed E-state index contributed by atoms with van der Waals surface area (Å²) in [5, 5.41) is 7.11. The van der Waals surface area contributed by atoms with Crippen molar-refractivity contribution in [3.8, 4) is 5.75 Å². The quantitative estimate of drug-likeness (QED) is 0.862. The molecule has 0 radical (unpaired) electrons. The SMILES string of the molecule is CNC(C)Cc1noc(CCN2C(=O)COc3ccccc32)n1. The number of carbonyl (C=O) groups excluding carboxylic acids is 1. The van der Waals surface area contributed by atoms with E-state index in [-0.39, 0.29) is 18.6 Å². The first kappa shape index (κ1) is 15.5. The van der Waals surface area contributed by atoms with Crippen molar-refractivity contribution in [3.05, 3.63) is 36.0 Å². The summed E-state index contributed by atoms with van der Waals surface area (Å²) in [6.07, 6.45) is 1.22. The second-order valence-corrected chi connectivity index (χ2v) is 5.55.